The molecule has 4 heteroatoms. The third kappa shape index (κ3) is 1.16. The summed E-state index contributed by atoms with van der Waals surface area (Å²) in [6.07, 6.45) is 1.76. The zero-order chi connectivity index (χ0) is 9.26. The first-order chi connectivity index (χ1) is 6.33. The molecule has 1 aromatic carbocycles. The highest BCUT2D eigenvalue weighted by Gasteiger charge is 2.05. The number of para-hydroxylation sites is 1. The van der Waals surface area contributed by atoms with Crippen LogP contribution in [0.25, 0.3) is 10.9 Å². The molecule has 2 aromatic rings. The van der Waals surface area contributed by atoms with Gasteiger partial charge in [-0.15, -0.1) is 0 Å². The maximum atomic E-state index is 13.1. The van der Waals surface area contributed by atoms with Crippen molar-refractivity contribution in [3.63, 3.8) is 0 Å². The normalized spacial score (nSPS) is 10.2. The van der Waals surface area contributed by atoms with Gasteiger partial charge in [0.05, 0.1) is 0 Å². The van der Waals surface area contributed by atoms with Crippen molar-refractivity contribution in [3.8, 4) is 0 Å². The minimum Gasteiger partial charge on any atom is -0.296 e. The van der Waals surface area contributed by atoms with Gasteiger partial charge in [-0.2, -0.15) is 0 Å². The summed E-state index contributed by atoms with van der Waals surface area (Å²) >= 11 is 0. The molecule has 0 unspecified atom stereocenters. The largest absolute Gasteiger partial charge is 0.296 e. The first kappa shape index (κ1) is 7.79. The van der Waals surface area contributed by atoms with Gasteiger partial charge in [0.2, 0.25) is 0 Å². The van der Waals surface area contributed by atoms with E-state index in [2.05, 4.69) is 9.97 Å². The van der Waals surface area contributed by atoms with E-state index in [-0.39, 0.29) is 11.2 Å². The summed E-state index contributed by atoms with van der Waals surface area (Å²) in [6.45, 7) is 0. The fourth-order valence-corrected chi connectivity index (χ4v) is 1.17. The number of halogens is 1. The van der Waals surface area contributed by atoms with Crippen LogP contribution >= 0.6 is 0 Å². The highest BCUT2D eigenvalue weighted by Crippen LogP contribution is 2.15. The lowest BCUT2D eigenvalue weighted by molar-refractivity contribution is 0.112. The third-order valence-electron chi connectivity index (χ3n) is 1.76. The summed E-state index contributed by atoms with van der Waals surface area (Å²) in [5.74, 6) is -0.442. The second kappa shape index (κ2) is 2.90. The zero-order valence-electron chi connectivity index (χ0n) is 6.57. The van der Waals surface area contributed by atoms with Crippen LogP contribution in [-0.4, -0.2) is 16.3 Å². The molecule has 64 valence electrons. The molecule has 0 atom stereocenters. The second-order valence-electron chi connectivity index (χ2n) is 2.51. The molecule has 0 saturated carbocycles. The van der Waals surface area contributed by atoms with Crippen molar-refractivity contribution >= 4 is 17.2 Å². The summed E-state index contributed by atoms with van der Waals surface area (Å²) in [5.41, 5.74) is 0.393. The lowest BCUT2D eigenvalue weighted by Crippen LogP contribution is -1.92. The quantitative estimate of drug-likeness (QED) is 0.619. The third-order valence-corrected chi connectivity index (χ3v) is 1.76. The van der Waals surface area contributed by atoms with E-state index >= 15 is 0 Å². The Morgan fingerprint density at radius 2 is 2.15 bits per heavy atom. The average Bonchev–Trinajstić information content (AvgIpc) is 2.18. The van der Waals surface area contributed by atoms with Crippen LogP contribution in [0.1, 0.15) is 10.5 Å². The molecule has 1 aromatic heterocycles. The average molecular weight is 176 g/mol. The number of fused-ring (bicyclic) bond motifs is 1. The molecule has 0 N–H and O–H groups in total. The van der Waals surface area contributed by atoms with Crippen molar-refractivity contribution in [2.45, 2.75) is 0 Å². The Labute approximate surface area is 73.2 Å². The van der Waals surface area contributed by atoms with Gasteiger partial charge < -0.3 is 0 Å². The molecular weight excluding hydrogens is 171 g/mol. The van der Waals surface area contributed by atoms with Crippen molar-refractivity contribution in [1.82, 2.24) is 9.97 Å². The predicted molar refractivity (Wildman–Crippen MR) is 44.9 cm³/mol. The van der Waals surface area contributed by atoms with Crippen molar-refractivity contribution < 1.29 is 9.18 Å². The SMILES string of the molecule is O=Cc1ncnc2c(F)cccc12. The highest BCUT2D eigenvalue weighted by atomic mass is 19.1. The Hall–Kier alpha value is -1.84. The summed E-state index contributed by atoms with van der Waals surface area (Å²) in [4.78, 5) is 18.0. The number of aldehydes is 1. The Balaban J connectivity index is 2.92. The highest BCUT2D eigenvalue weighted by molar-refractivity contribution is 5.94. The van der Waals surface area contributed by atoms with Crippen LogP contribution in [0.3, 0.4) is 0 Å². The van der Waals surface area contributed by atoms with Crippen molar-refractivity contribution in [1.29, 1.82) is 0 Å². The van der Waals surface area contributed by atoms with Gasteiger partial charge in [0, 0.05) is 5.39 Å². The Kier molecular flexibility index (Phi) is 1.73. The molecule has 0 amide bonds. The van der Waals surface area contributed by atoms with Crippen LogP contribution in [0, 0.1) is 5.82 Å². The molecule has 0 aliphatic carbocycles. The lowest BCUT2D eigenvalue weighted by Gasteiger charge is -1.98. The molecular formula is C9H5FN2O. The van der Waals surface area contributed by atoms with Crippen LogP contribution in [-0.2, 0) is 0 Å². The number of carbonyl (C=O) groups is 1. The molecule has 0 radical (unpaired) electrons. The van der Waals surface area contributed by atoms with Crippen molar-refractivity contribution in [2.24, 2.45) is 0 Å². The molecule has 3 nitrogen and oxygen atoms in total. The van der Waals surface area contributed by atoms with E-state index in [1.165, 1.54) is 18.5 Å². The van der Waals surface area contributed by atoms with Crippen LogP contribution in [0.4, 0.5) is 4.39 Å². The van der Waals surface area contributed by atoms with E-state index in [0.29, 0.717) is 11.7 Å². The number of nitrogens with zero attached hydrogens (tertiary/aromatic N) is 2. The summed E-state index contributed by atoms with van der Waals surface area (Å²) in [6, 6.07) is 4.43. The van der Waals surface area contributed by atoms with E-state index in [1.807, 2.05) is 0 Å². The lowest BCUT2D eigenvalue weighted by atomic mass is 10.2. The number of aromatic nitrogens is 2. The van der Waals surface area contributed by atoms with Crippen molar-refractivity contribution in [2.75, 3.05) is 0 Å². The predicted octanol–water partition coefficient (Wildman–Crippen LogP) is 1.58. The van der Waals surface area contributed by atoms with Gasteiger partial charge in [-0.25, -0.2) is 14.4 Å². The summed E-state index contributed by atoms with van der Waals surface area (Å²) < 4.78 is 13.1. The minimum atomic E-state index is -0.442. The molecule has 0 bridgehead atoms. The minimum absolute atomic E-state index is 0.180. The molecule has 1 heterocycles. The smallest absolute Gasteiger partial charge is 0.169 e. The number of hydrogen-bond donors (Lipinski definition) is 0. The van der Waals surface area contributed by atoms with Crippen LogP contribution in [0.15, 0.2) is 24.5 Å². The van der Waals surface area contributed by atoms with Gasteiger partial charge in [-0.05, 0) is 6.07 Å². The van der Waals surface area contributed by atoms with Crippen molar-refractivity contribution in [3.05, 3.63) is 36.0 Å². The molecule has 0 saturated heterocycles. The number of rotatable bonds is 1. The van der Waals surface area contributed by atoms with Crippen LogP contribution in [0.2, 0.25) is 0 Å². The molecule has 13 heavy (non-hydrogen) atoms. The fraction of sp³-hybridized carbons (Fsp3) is 0. The summed E-state index contributed by atoms with van der Waals surface area (Å²) in [7, 11) is 0. The second-order valence-corrected chi connectivity index (χ2v) is 2.51. The standard InChI is InChI=1S/C9H5FN2O/c10-7-3-1-2-6-8(4-13)11-5-12-9(6)7/h1-5H. The first-order valence-corrected chi connectivity index (χ1v) is 3.67. The van der Waals surface area contributed by atoms with E-state index in [0.717, 1.165) is 0 Å². The van der Waals surface area contributed by atoms with Crippen LogP contribution < -0.4 is 0 Å². The summed E-state index contributed by atoms with van der Waals surface area (Å²) in [5, 5.41) is 0.442. The monoisotopic (exact) mass is 176 g/mol. The topological polar surface area (TPSA) is 42.9 Å². The molecule has 0 fully saturated rings. The van der Waals surface area contributed by atoms with E-state index < -0.39 is 5.82 Å². The number of benzene rings is 1. The Morgan fingerprint density at radius 3 is 2.92 bits per heavy atom. The zero-order valence-corrected chi connectivity index (χ0v) is 6.57. The Bertz CT molecular complexity index is 470. The molecule has 0 aliphatic rings. The number of hydrogen-bond acceptors (Lipinski definition) is 3. The Morgan fingerprint density at radius 1 is 1.31 bits per heavy atom. The fourth-order valence-electron chi connectivity index (χ4n) is 1.17. The van der Waals surface area contributed by atoms with Gasteiger partial charge >= 0.3 is 0 Å². The van der Waals surface area contributed by atoms with Gasteiger partial charge in [-0.1, -0.05) is 12.1 Å². The van der Waals surface area contributed by atoms with E-state index in [4.69, 9.17) is 0 Å². The maximum absolute atomic E-state index is 13.1. The number of carbonyl (C=O) groups excluding carboxylic acids is 1. The molecule has 0 spiro atoms. The van der Waals surface area contributed by atoms with Gasteiger partial charge in [0.1, 0.15) is 23.4 Å². The van der Waals surface area contributed by atoms with E-state index in [9.17, 15) is 9.18 Å². The van der Waals surface area contributed by atoms with E-state index in [1.54, 1.807) is 6.07 Å². The maximum Gasteiger partial charge on any atom is 0.169 e. The molecule has 0 aliphatic heterocycles. The van der Waals surface area contributed by atoms with Gasteiger partial charge in [-0.3, -0.25) is 4.79 Å². The molecule has 2 rings (SSSR count). The van der Waals surface area contributed by atoms with Gasteiger partial charge in [0.25, 0.3) is 0 Å². The van der Waals surface area contributed by atoms with Crippen LogP contribution in [0.5, 0.6) is 0 Å². The first-order valence-electron chi connectivity index (χ1n) is 3.67. The van der Waals surface area contributed by atoms with Gasteiger partial charge in [0.15, 0.2) is 6.29 Å².